The van der Waals surface area contributed by atoms with Gasteiger partial charge in [-0.3, -0.25) is 9.63 Å². The smallest absolute Gasteiger partial charge is 0.150 e. The first-order valence-corrected chi connectivity index (χ1v) is 22.3. The fraction of sp³-hybridized carbons (Fsp3) is 0.438. The summed E-state index contributed by atoms with van der Waals surface area (Å²) in [6.45, 7) is 22.5. The summed E-state index contributed by atoms with van der Waals surface area (Å²) < 4.78 is 6.92. The number of carbonyl (C=O) groups is 1. The Bertz CT molecular complexity index is 1980. The molecule has 0 bridgehead atoms. The van der Waals surface area contributed by atoms with Crippen molar-refractivity contribution in [3.8, 4) is 0 Å². The summed E-state index contributed by atoms with van der Waals surface area (Å²) in [6.07, 6.45) is 11.3. The Morgan fingerprint density at radius 1 is 0.745 bits per heavy atom. The van der Waals surface area contributed by atoms with E-state index in [1.165, 1.54) is 29.8 Å². The van der Waals surface area contributed by atoms with Crippen molar-refractivity contribution >= 4 is 51.0 Å². The van der Waals surface area contributed by atoms with Crippen LogP contribution in [0.1, 0.15) is 127 Å². The molecule has 0 N–H and O–H groups in total. The van der Waals surface area contributed by atoms with Crippen LogP contribution in [0.15, 0.2) is 91.0 Å². The van der Waals surface area contributed by atoms with Gasteiger partial charge in [0.05, 0.1) is 29.1 Å². The molecule has 0 aromatic heterocycles. The molecule has 1 heterocycles. The summed E-state index contributed by atoms with van der Waals surface area (Å²) in [6, 6.07) is 33.2. The molecule has 0 saturated heterocycles. The molecule has 4 aromatic carbocycles. The predicted molar refractivity (Wildman–Crippen MR) is 237 cm³/mol. The molecule has 0 radical (unpaired) electrons. The molecule has 1 aliphatic carbocycles. The van der Waals surface area contributed by atoms with Gasteiger partial charge in [0, 0.05) is 33.6 Å². The predicted octanol–water partition coefficient (Wildman–Crippen LogP) is 12.7. The Kier molecular flexibility index (Phi) is 11.4. The topological polar surface area (TPSA) is 45.2 Å². The van der Waals surface area contributed by atoms with Gasteiger partial charge in [-0.15, -0.1) is 10.3 Å². The van der Waals surface area contributed by atoms with E-state index in [9.17, 15) is 4.79 Å². The standard InChI is InChI=1S/C48H63N3O3S/c1-13-53-50(46(2,3)4)39-26-20-36(21-27-39)42(37-22-28-40(29-23-37)51(47(5,6)7)54-55(11,12)48(8,9)10)31-34-17-24-38(25-18-34)49-44-16-14-15-41(44)43-32-35(33-52)19-30-45(43)49/h17-33,41,44H,13-16H2,1-12H3. The summed E-state index contributed by atoms with van der Waals surface area (Å²) in [5, 5.41) is 4.11. The third-order valence-electron chi connectivity index (χ3n) is 11.2. The highest BCUT2D eigenvalue weighted by Crippen LogP contribution is 2.56. The van der Waals surface area contributed by atoms with Crippen molar-refractivity contribution in [2.75, 3.05) is 34.1 Å². The van der Waals surface area contributed by atoms with E-state index in [-0.39, 0.29) is 15.8 Å². The average Bonchev–Trinajstić information content (AvgIpc) is 3.72. The Morgan fingerprint density at radius 3 is 1.80 bits per heavy atom. The number of anilines is 4. The van der Waals surface area contributed by atoms with Crippen LogP contribution in [0.2, 0.25) is 0 Å². The van der Waals surface area contributed by atoms with E-state index in [0.717, 1.165) is 51.9 Å². The molecule has 7 heteroatoms. The lowest BCUT2D eigenvalue weighted by Crippen LogP contribution is -2.44. The van der Waals surface area contributed by atoms with Crippen molar-refractivity contribution in [3.63, 3.8) is 0 Å². The lowest BCUT2D eigenvalue weighted by atomic mass is 9.94. The van der Waals surface area contributed by atoms with E-state index in [1.807, 2.05) is 18.1 Å². The van der Waals surface area contributed by atoms with Crippen LogP contribution >= 0.6 is 10.3 Å². The fourth-order valence-electron chi connectivity index (χ4n) is 7.69. The number of hydrogen-bond donors (Lipinski definition) is 0. The molecule has 0 spiro atoms. The summed E-state index contributed by atoms with van der Waals surface area (Å²) in [5.74, 6) is 0.476. The molecule has 1 saturated carbocycles. The van der Waals surface area contributed by atoms with Crippen molar-refractivity contribution in [2.24, 2.45) is 0 Å². The van der Waals surface area contributed by atoms with Crippen LogP contribution in [0.5, 0.6) is 0 Å². The molecular weight excluding hydrogens is 699 g/mol. The Balaban J connectivity index is 1.38. The third-order valence-corrected chi connectivity index (χ3v) is 14.6. The molecule has 1 fully saturated rings. The van der Waals surface area contributed by atoms with Gasteiger partial charge in [-0.25, -0.2) is 14.4 Å². The Hall–Kier alpha value is -4.04. The van der Waals surface area contributed by atoms with Crippen LogP contribution in [0.4, 0.5) is 22.7 Å². The maximum atomic E-state index is 11.6. The van der Waals surface area contributed by atoms with Crippen LogP contribution in [0.3, 0.4) is 0 Å². The minimum atomic E-state index is -1.42. The highest BCUT2D eigenvalue weighted by atomic mass is 32.3. The third kappa shape index (κ3) is 8.55. The lowest BCUT2D eigenvalue weighted by Gasteiger charge is -2.49. The number of fused-ring (bicyclic) bond motifs is 3. The monoisotopic (exact) mass is 761 g/mol. The SMILES string of the molecule is CCON(c1ccc(C(=Cc2ccc(N3c4ccc(C=O)cc4C4CCCC43)cc2)c2ccc(N(OS(C)(C)C(C)(C)C)C(C)(C)C)cc2)cc1)C(C)(C)C. The van der Waals surface area contributed by atoms with Crippen LogP contribution in [0, 0.1) is 0 Å². The number of nitrogens with zero attached hydrogens (tertiary/aromatic N) is 3. The average molecular weight is 762 g/mol. The van der Waals surface area contributed by atoms with Crippen LogP contribution in [0.25, 0.3) is 11.6 Å². The van der Waals surface area contributed by atoms with E-state index < -0.39 is 10.3 Å². The highest BCUT2D eigenvalue weighted by Gasteiger charge is 2.42. The number of hydrogen-bond acceptors (Lipinski definition) is 6. The molecule has 1 aliphatic heterocycles. The summed E-state index contributed by atoms with van der Waals surface area (Å²) in [5.41, 5.74) is 10.7. The van der Waals surface area contributed by atoms with Gasteiger partial charge in [0.25, 0.3) is 0 Å². The van der Waals surface area contributed by atoms with Crippen molar-refractivity contribution < 1.29 is 13.9 Å². The van der Waals surface area contributed by atoms with E-state index in [0.29, 0.717) is 18.6 Å². The molecule has 2 aliphatic rings. The van der Waals surface area contributed by atoms with Crippen molar-refractivity contribution in [3.05, 3.63) is 119 Å². The number of benzene rings is 4. The Morgan fingerprint density at radius 2 is 1.29 bits per heavy atom. The van der Waals surface area contributed by atoms with Crippen LogP contribution in [-0.4, -0.2) is 47.3 Å². The second-order valence-corrected chi connectivity index (χ2v) is 22.3. The molecule has 2 unspecified atom stereocenters. The quantitative estimate of drug-likeness (QED) is 0.0861. The second-order valence-electron chi connectivity index (χ2n) is 18.4. The van der Waals surface area contributed by atoms with E-state index in [1.54, 1.807) is 0 Å². The van der Waals surface area contributed by atoms with E-state index in [2.05, 4.69) is 176 Å². The first kappa shape index (κ1) is 40.6. The van der Waals surface area contributed by atoms with Crippen LogP contribution in [-0.2, 0) is 9.12 Å². The van der Waals surface area contributed by atoms with Gasteiger partial charge in [0.1, 0.15) is 6.29 Å². The summed E-state index contributed by atoms with van der Waals surface area (Å²) in [4.78, 5) is 20.2. The van der Waals surface area contributed by atoms with Crippen molar-refractivity contribution in [2.45, 2.75) is 116 Å². The molecule has 294 valence electrons. The van der Waals surface area contributed by atoms with Gasteiger partial charge in [-0.1, -0.05) is 63.6 Å². The van der Waals surface area contributed by atoms with Gasteiger partial charge < -0.3 is 4.90 Å². The second kappa shape index (κ2) is 15.5. The molecular formula is C48H63N3O3S. The van der Waals surface area contributed by atoms with Crippen molar-refractivity contribution in [1.29, 1.82) is 0 Å². The van der Waals surface area contributed by atoms with Gasteiger partial charge in [-0.2, -0.15) is 0 Å². The van der Waals surface area contributed by atoms with Gasteiger partial charge in [-0.05, 0) is 162 Å². The molecule has 6 nitrogen and oxygen atoms in total. The summed E-state index contributed by atoms with van der Waals surface area (Å²) in [7, 11) is -1.42. The fourth-order valence-corrected chi connectivity index (χ4v) is 8.60. The summed E-state index contributed by atoms with van der Waals surface area (Å²) >= 11 is 0. The largest absolute Gasteiger partial charge is 0.338 e. The first-order chi connectivity index (χ1) is 25.8. The highest BCUT2D eigenvalue weighted by molar-refractivity contribution is 8.29. The maximum Gasteiger partial charge on any atom is 0.150 e. The number of aldehydes is 1. The molecule has 4 aromatic rings. The minimum absolute atomic E-state index is 0.0235. The minimum Gasteiger partial charge on any atom is -0.338 e. The zero-order valence-corrected chi connectivity index (χ0v) is 36.1. The molecule has 55 heavy (non-hydrogen) atoms. The normalized spacial score (nSPS) is 17.9. The van der Waals surface area contributed by atoms with Gasteiger partial charge in [0.15, 0.2) is 0 Å². The lowest BCUT2D eigenvalue weighted by molar-refractivity contribution is 0.0758. The van der Waals surface area contributed by atoms with E-state index in [4.69, 9.17) is 9.12 Å². The van der Waals surface area contributed by atoms with Crippen molar-refractivity contribution in [1.82, 2.24) is 0 Å². The number of rotatable bonds is 11. The van der Waals surface area contributed by atoms with Gasteiger partial charge in [0.2, 0.25) is 0 Å². The molecule has 6 rings (SSSR count). The molecule has 2 atom stereocenters. The Labute approximate surface area is 333 Å². The van der Waals surface area contributed by atoms with Crippen LogP contribution < -0.4 is 15.0 Å². The van der Waals surface area contributed by atoms with Gasteiger partial charge >= 0.3 is 0 Å². The molecule has 0 amide bonds. The van der Waals surface area contributed by atoms with E-state index >= 15 is 0 Å². The first-order valence-electron chi connectivity index (χ1n) is 19.9. The maximum absolute atomic E-state index is 11.6. The zero-order chi connectivity index (χ0) is 39.9. The number of hydroxylamine groups is 2. The zero-order valence-electron chi connectivity index (χ0n) is 35.3. The number of carbonyl (C=O) groups excluding carboxylic acids is 1.